The van der Waals surface area contributed by atoms with E-state index in [1.54, 1.807) is 18.3 Å². The zero-order valence-electron chi connectivity index (χ0n) is 15.3. The van der Waals surface area contributed by atoms with E-state index >= 15 is 0 Å². The molecule has 0 saturated heterocycles. The van der Waals surface area contributed by atoms with Gasteiger partial charge in [0, 0.05) is 29.8 Å². The smallest absolute Gasteiger partial charge is 0.244 e. The second-order valence-corrected chi connectivity index (χ2v) is 6.84. The van der Waals surface area contributed by atoms with Gasteiger partial charge in [0.25, 0.3) is 0 Å². The Balaban J connectivity index is 1.83. The van der Waals surface area contributed by atoms with E-state index in [0.29, 0.717) is 17.0 Å². The van der Waals surface area contributed by atoms with E-state index < -0.39 is 17.5 Å². The molecule has 0 radical (unpaired) electrons. The van der Waals surface area contributed by atoms with Crippen LogP contribution in [0.2, 0.25) is 0 Å². The number of hydrogen-bond acceptors (Lipinski definition) is 4. The lowest BCUT2D eigenvalue weighted by Gasteiger charge is -2.16. The summed E-state index contributed by atoms with van der Waals surface area (Å²) in [6.45, 7) is 0. The lowest BCUT2D eigenvalue weighted by molar-refractivity contribution is -0.113. The van der Waals surface area contributed by atoms with Gasteiger partial charge >= 0.3 is 0 Å². The molecule has 1 aromatic heterocycles. The van der Waals surface area contributed by atoms with Crippen LogP contribution in [0.3, 0.4) is 0 Å². The zero-order chi connectivity index (χ0) is 20.1. The van der Waals surface area contributed by atoms with E-state index in [1.807, 2.05) is 0 Å². The van der Waals surface area contributed by atoms with Crippen molar-refractivity contribution in [3.8, 4) is 17.0 Å². The van der Waals surface area contributed by atoms with Crippen molar-refractivity contribution in [3.63, 3.8) is 0 Å². The number of aliphatic hydroxyl groups is 1. The number of ether oxygens (including phenoxy) is 1. The molecule has 2 aromatic rings. The van der Waals surface area contributed by atoms with Gasteiger partial charge in [0.1, 0.15) is 17.7 Å². The standard InChI is InChI=1S/C21H22F2N2O3/c22-18-10-13(11-19(23)17(18)8-7-14(26)12-20(24)27)16-6-3-9-25-21(16)28-15-4-1-2-5-15/h3,6,9-12,15,26H,1-2,4-5,7-8H2,(H2,24,27)/b14-12-. The number of nitrogens with zero attached hydrogens (tertiary/aromatic N) is 1. The van der Waals surface area contributed by atoms with Crippen LogP contribution in [0.25, 0.3) is 11.1 Å². The average molecular weight is 388 g/mol. The number of aromatic nitrogens is 1. The molecular formula is C21H22F2N2O3. The van der Waals surface area contributed by atoms with Crippen molar-refractivity contribution in [1.29, 1.82) is 0 Å². The second-order valence-electron chi connectivity index (χ2n) is 6.84. The van der Waals surface area contributed by atoms with Crippen molar-refractivity contribution in [3.05, 3.63) is 59.5 Å². The monoisotopic (exact) mass is 388 g/mol. The summed E-state index contributed by atoms with van der Waals surface area (Å²) in [6, 6.07) is 5.86. The summed E-state index contributed by atoms with van der Waals surface area (Å²) in [6.07, 6.45) is 6.37. The fourth-order valence-electron chi connectivity index (χ4n) is 3.36. The molecule has 1 aliphatic carbocycles. The van der Waals surface area contributed by atoms with Gasteiger partial charge in [-0.05, 0) is 61.9 Å². The number of halogens is 2. The molecule has 1 aromatic carbocycles. The normalized spacial score (nSPS) is 15.0. The molecule has 3 rings (SSSR count). The molecule has 1 fully saturated rings. The lowest BCUT2D eigenvalue weighted by Crippen LogP contribution is -2.12. The number of allylic oxidation sites excluding steroid dienone is 1. The van der Waals surface area contributed by atoms with Crippen LogP contribution < -0.4 is 10.5 Å². The molecule has 0 bridgehead atoms. The van der Waals surface area contributed by atoms with Crippen LogP contribution in [0.5, 0.6) is 5.88 Å². The van der Waals surface area contributed by atoms with Gasteiger partial charge in [-0.1, -0.05) is 0 Å². The van der Waals surface area contributed by atoms with Crippen LogP contribution in [0, 0.1) is 11.6 Å². The minimum atomic E-state index is -0.819. The summed E-state index contributed by atoms with van der Waals surface area (Å²) in [5.41, 5.74) is 5.62. The number of aliphatic hydroxyl groups excluding tert-OH is 1. The number of carbonyl (C=O) groups excluding carboxylic acids is 1. The van der Waals surface area contributed by atoms with Crippen molar-refractivity contribution < 1.29 is 23.4 Å². The Labute approximate surface area is 161 Å². The van der Waals surface area contributed by atoms with Gasteiger partial charge in [0.2, 0.25) is 11.8 Å². The summed E-state index contributed by atoms with van der Waals surface area (Å²) in [4.78, 5) is 15.0. The molecule has 148 valence electrons. The van der Waals surface area contributed by atoms with Crippen molar-refractivity contribution in [2.24, 2.45) is 5.73 Å². The fraction of sp³-hybridized carbons (Fsp3) is 0.333. The van der Waals surface area contributed by atoms with Crippen LogP contribution in [-0.2, 0) is 11.2 Å². The highest BCUT2D eigenvalue weighted by Crippen LogP contribution is 2.33. The molecule has 0 unspecified atom stereocenters. The van der Waals surface area contributed by atoms with Gasteiger partial charge in [0.05, 0.1) is 5.76 Å². The lowest BCUT2D eigenvalue weighted by atomic mass is 10.0. The molecule has 0 atom stereocenters. The highest BCUT2D eigenvalue weighted by Gasteiger charge is 2.20. The Morgan fingerprint density at radius 2 is 1.96 bits per heavy atom. The number of hydrogen-bond donors (Lipinski definition) is 2. The van der Waals surface area contributed by atoms with Crippen LogP contribution in [0.4, 0.5) is 8.78 Å². The van der Waals surface area contributed by atoms with E-state index in [4.69, 9.17) is 10.5 Å². The maximum atomic E-state index is 14.6. The van der Waals surface area contributed by atoms with E-state index in [1.165, 1.54) is 12.1 Å². The highest BCUT2D eigenvalue weighted by molar-refractivity contribution is 5.86. The first-order chi connectivity index (χ1) is 13.4. The molecule has 0 spiro atoms. The number of amides is 1. The molecule has 5 nitrogen and oxygen atoms in total. The predicted octanol–water partition coefficient (Wildman–Crippen LogP) is 4.21. The van der Waals surface area contributed by atoms with Crippen molar-refractivity contribution in [1.82, 2.24) is 4.98 Å². The number of pyridine rings is 1. The Morgan fingerprint density at radius 3 is 2.61 bits per heavy atom. The number of rotatable bonds is 7. The Morgan fingerprint density at radius 1 is 1.29 bits per heavy atom. The van der Waals surface area contributed by atoms with E-state index in [9.17, 15) is 18.7 Å². The third kappa shape index (κ3) is 4.85. The predicted molar refractivity (Wildman–Crippen MR) is 101 cm³/mol. The molecule has 3 N–H and O–H groups in total. The van der Waals surface area contributed by atoms with Gasteiger partial charge in [0.15, 0.2) is 0 Å². The molecule has 1 saturated carbocycles. The zero-order valence-corrected chi connectivity index (χ0v) is 15.3. The van der Waals surface area contributed by atoms with E-state index in [2.05, 4.69) is 4.98 Å². The Kier molecular flexibility index (Phi) is 6.23. The maximum absolute atomic E-state index is 14.6. The highest BCUT2D eigenvalue weighted by atomic mass is 19.1. The van der Waals surface area contributed by atoms with Gasteiger partial charge in [-0.3, -0.25) is 4.79 Å². The minimum absolute atomic E-state index is 0.0719. The Hall–Kier alpha value is -2.96. The third-order valence-corrected chi connectivity index (χ3v) is 4.74. The third-order valence-electron chi connectivity index (χ3n) is 4.74. The van der Waals surface area contributed by atoms with Crippen LogP contribution in [0.1, 0.15) is 37.7 Å². The first kappa shape index (κ1) is 19.8. The van der Waals surface area contributed by atoms with E-state index in [0.717, 1.165) is 31.8 Å². The second kappa shape index (κ2) is 8.82. The number of carbonyl (C=O) groups is 1. The van der Waals surface area contributed by atoms with Crippen molar-refractivity contribution in [2.45, 2.75) is 44.6 Å². The van der Waals surface area contributed by atoms with Gasteiger partial charge in [-0.2, -0.15) is 0 Å². The summed E-state index contributed by atoms with van der Waals surface area (Å²) in [7, 11) is 0. The summed E-state index contributed by atoms with van der Waals surface area (Å²) in [5.74, 6) is -2.26. The molecule has 1 aliphatic rings. The summed E-state index contributed by atoms with van der Waals surface area (Å²) < 4.78 is 35.1. The number of nitrogens with two attached hydrogens (primary N) is 1. The quantitative estimate of drug-likeness (QED) is 0.550. The Bertz CT molecular complexity index is 870. The first-order valence-corrected chi connectivity index (χ1v) is 9.23. The van der Waals surface area contributed by atoms with Crippen LogP contribution in [-0.4, -0.2) is 22.1 Å². The van der Waals surface area contributed by atoms with Gasteiger partial charge in [-0.25, -0.2) is 13.8 Å². The maximum Gasteiger partial charge on any atom is 0.244 e. The minimum Gasteiger partial charge on any atom is -0.512 e. The summed E-state index contributed by atoms with van der Waals surface area (Å²) in [5, 5.41) is 9.56. The SMILES string of the molecule is NC(=O)/C=C(\O)CCc1c(F)cc(-c2cccnc2OC2CCCC2)cc1F. The fourth-order valence-corrected chi connectivity index (χ4v) is 3.36. The molecule has 0 aliphatic heterocycles. The number of primary amides is 1. The molecular weight excluding hydrogens is 366 g/mol. The van der Waals surface area contributed by atoms with Crippen LogP contribution >= 0.6 is 0 Å². The number of benzene rings is 1. The molecule has 1 heterocycles. The molecule has 28 heavy (non-hydrogen) atoms. The van der Waals surface area contributed by atoms with Crippen molar-refractivity contribution >= 4 is 5.91 Å². The van der Waals surface area contributed by atoms with Gasteiger partial charge < -0.3 is 15.6 Å². The largest absolute Gasteiger partial charge is 0.512 e. The summed E-state index contributed by atoms with van der Waals surface area (Å²) >= 11 is 0. The van der Waals surface area contributed by atoms with Gasteiger partial charge in [-0.15, -0.1) is 0 Å². The average Bonchev–Trinajstić information content (AvgIpc) is 3.14. The first-order valence-electron chi connectivity index (χ1n) is 9.23. The molecule has 7 heteroatoms. The topological polar surface area (TPSA) is 85.4 Å². The van der Waals surface area contributed by atoms with E-state index in [-0.39, 0.29) is 30.3 Å². The van der Waals surface area contributed by atoms with Crippen molar-refractivity contribution in [2.75, 3.05) is 0 Å². The molecule has 1 amide bonds. The van der Waals surface area contributed by atoms with Crippen LogP contribution in [0.15, 0.2) is 42.3 Å².